The third-order valence-electron chi connectivity index (χ3n) is 5.09. The molecule has 0 radical (unpaired) electrons. The van der Waals surface area contributed by atoms with Gasteiger partial charge in [-0.3, -0.25) is 19.8 Å². The average Bonchev–Trinajstić information content (AvgIpc) is 2.73. The Kier molecular flexibility index (Phi) is 4.97. The van der Waals surface area contributed by atoms with Gasteiger partial charge in [-0.25, -0.2) is 14.8 Å². The van der Waals surface area contributed by atoms with Gasteiger partial charge in [-0.15, -0.1) is 0 Å². The number of hydrogen-bond acceptors (Lipinski definition) is 5. The normalized spacial score (nSPS) is 19.8. The highest BCUT2D eigenvalue weighted by Crippen LogP contribution is 2.26. The van der Waals surface area contributed by atoms with Gasteiger partial charge in [0.2, 0.25) is 0 Å². The van der Waals surface area contributed by atoms with Gasteiger partial charge in [-0.2, -0.15) is 0 Å². The topological polar surface area (TPSA) is 92.3 Å². The fraction of sp³-hybridized carbons (Fsp3) is 0.286. The van der Waals surface area contributed by atoms with Gasteiger partial charge in [-0.05, 0) is 18.9 Å². The molecule has 1 aliphatic carbocycles. The molecule has 0 atom stereocenters. The molecule has 2 aromatic rings. The largest absolute Gasteiger partial charge is 0.331 e. The molecule has 7 nitrogen and oxygen atoms in total. The minimum Gasteiger partial charge on any atom is -0.273 e. The van der Waals surface area contributed by atoms with Crippen molar-refractivity contribution in [2.24, 2.45) is 0 Å². The van der Waals surface area contributed by atoms with Gasteiger partial charge in [-0.1, -0.05) is 49.6 Å². The van der Waals surface area contributed by atoms with Crippen molar-refractivity contribution >= 4 is 23.9 Å². The molecule has 2 aliphatic rings. The number of aromatic nitrogens is 2. The molecule has 1 aromatic carbocycles. The maximum atomic E-state index is 12.9. The summed E-state index contributed by atoms with van der Waals surface area (Å²) in [5, 5.41) is 2.28. The predicted molar refractivity (Wildman–Crippen MR) is 103 cm³/mol. The van der Waals surface area contributed by atoms with Crippen LogP contribution in [0.3, 0.4) is 0 Å². The predicted octanol–water partition coefficient (Wildman–Crippen LogP) is 2.94. The van der Waals surface area contributed by atoms with Crippen LogP contribution in [0.5, 0.6) is 0 Å². The molecule has 1 saturated carbocycles. The number of amides is 4. The maximum Gasteiger partial charge on any atom is 0.331 e. The summed E-state index contributed by atoms with van der Waals surface area (Å²) in [5.74, 6) is -0.678. The highest BCUT2D eigenvalue weighted by atomic mass is 16.2. The molecule has 1 aromatic heterocycles. The van der Waals surface area contributed by atoms with Crippen LogP contribution >= 0.6 is 0 Å². The second-order valence-corrected chi connectivity index (χ2v) is 6.99. The van der Waals surface area contributed by atoms with Crippen LogP contribution in [0, 0.1) is 0 Å². The summed E-state index contributed by atoms with van der Waals surface area (Å²) in [4.78, 5) is 47.2. The van der Waals surface area contributed by atoms with Crippen molar-refractivity contribution in [3.8, 4) is 11.4 Å². The van der Waals surface area contributed by atoms with E-state index in [0.717, 1.165) is 37.7 Å². The zero-order valence-corrected chi connectivity index (χ0v) is 15.3. The molecule has 28 heavy (non-hydrogen) atoms. The van der Waals surface area contributed by atoms with E-state index in [4.69, 9.17) is 0 Å². The van der Waals surface area contributed by atoms with Crippen LogP contribution in [-0.2, 0) is 9.59 Å². The summed E-state index contributed by atoms with van der Waals surface area (Å²) in [5.41, 5.74) is 1.33. The average molecular weight is 376 g/mol. The molecule has 0 bridgehead atoms. The van der Waals surface area contributed by atoms with E-state index >= 15 is 0 Å². The van der Waals surface area contributed by atoms with E-state index in [2.05, 4.69) is 15.3 Å². The van der Waals surface area contributed by atoms with Crippen LogP contribution < -0.4 is 5.32 Å². The van der Waals surface area contributed by atoms with Gasteiger partial charge >= 0.3 is 6.03 Å². The third kappa shape index (κ3) is 3.55. The molecule has 2 heterocycles. The van der Waals surface area contributed by atoms with Gasteiger partial charge in [0.1, 0.15) is 5.57 Å². The fourth-order valence-corrected chi connectivity index (χ4v) is 3.66. The highest BCUT2D eigenvalue weighted by molar-refractivity contribution is 6.31. The second-order valence-electron chi connectivity index (χ2n) is 6.99. The van der Waals surface area contributed by atoms with E-state index in [1.54, 1.807) is 12.4 Å². The van der Waals surface area contributed by atoms with E-state index in [1.165, 1.54) is 11.0 Å². The summed E-state index contributed by atoms with van der Waals surface area (Å²) >= 11 is 0. The van der Waals surface area contributed by atoms with Crippen molar-refractivity contribution in [3.63, 3.8) is 0 Å². The van der Waals surface area contributed by atoms with Crippen molar-refractivity contribution in [2.75, 3.05) is 0 Å². The van der Waals surface area contributed by atoms with Gasteiger partial charge in [0, 0.05) is 29.6 Å². The number of benzene rings is 1. The van der Waals surface area contributed by atoms with Gasteiger partial charge in [0.25, 0.3) is 11.8 Å². The Hall–Kier alpha value is -3.35. The molecule has 1 aliphatic heterocycles. The van der Waals surface area contributed by atoms with Crippen LogP contribution in [-0.4, -0.2) is 38.8 Å². The minimum atomic E-state index is -0.686. The van der Waals surface area contributed by atoms with Gasteiger partial charge < -0.3 is 0 Å². The first-order valence-corrected chi connectivity index (χ1v) is 9.41. The summed E-state index contributed by atoms with van der Waals surface area (Å²) in [6.07, 6.45) is 9.16. The first-order chi connectivity index (χ1) is 13.6. The molecule has 2 fully saturated rings. The second kappa shape index (κ2) is 7.72. The molecule has 0 unspecified atom stereocenters. The summed E-state index contributed by atoms with van der Waals surface area (Å²) in [6.45, 7) is 0. The lowest BCUT2D eigenvalue weighted by Gasteiger charge is -2.35. The fourth-order valence-electron chi connectivity index (χ4n) is 3.66. The van der Waals surface area contributed by atoms with Crippen LogP contribution in [0.2, 0.25) is 0 Å². The molecule has 4 amide bonds. The highest BCUT2D eigenvalue weighted by Gasteiger charge is 2.40. The molecule has 0 spiro atoms. The number of imide groups is 2. The van der Waals surface area contributed by atoms with Crippen LogP contribution in [0.15, 0.2) is 48.3 Å². The standard InChI is InChI=1S/C21H20N4O3/c26-19-17(20(27)25(21(28)24-19)16-9-5-2-6-10-16)11-14-12-22-18(23-13-14)15-7-3-1-4-8-15/h1,3-4,7-8,11-13,16H,2,5-6,9-10H2,(H,24,26,28)/b17-11-. The Bertz CT molecular complexity index is 932. The Morgan fingerprint density at radius 2 is 1.64 bits per heavy atom. The maximum absolute atomic E-state index is 12.9. The number of barbiturate groups is 1. The summed E-state index contributed by atoms with van der Waals surface area (Å²) in [6, 6.07) is 8.73. The van der Waals surface area contributed by atoms with Crippen molar-refractivity contribution in [1.29, 1.82) is 0 Å². The molecular weight excluding hydrogens is 356 g/mol. The Balaban J connectivity index is 1.59. The molecule has 1 N–H and O–H groups in total. The zero-order valence-electron chi connectivity index (χ0n) is 15.3. The molecule has 142 valence electrons. The van der Waals surface area contributed by atoms with Crippen LogP contribution in [0.4, 0.5) is 4.79 Å². The van der Waals surface area contributed by atoms with Gasteiger partial charge in [0.05, 0.1) is 0 Å². The molecule has 1 saturated heterocycles. The molecular formula is C21H20N4O3. The number of carbonyl (C=O) groups is 3. The smallest absolute Gasteiger partial charge is 0.273 e. The Morgan fingerprint density at radius 3 is 2.32 bits per heavy atom. The number of carbonyl (C=O) groups excluding carboxylic acids is 3. The lowest BCUT2D eigenvalue weighted by atomic mass is 9.93. The number of nitrogens with zero attached hydrogens (tertiary/aromatic N) is 3. The van der Waals surface area contributed by atoms with Crippen LogP contribution in [0.1, 0.15) is 37.7 Å². The zero-order chi connectivity index (χ0) is 19.5. The SMILES string of the molecule is O=C1NC(=O)N(C2CCCCC2)C(=O)/C1=C\c1cnc(-c2ccccc2)nc1. The number of rotatable bonds is 3. The first-order valence-electron chi connectivity index (χ1n) is 9.41. The van der Waals surface area contributed by atoms with Gasteiger partial charge in [0.15, 0.2) is 5.82 Å². The van der Waals surface area contributed by atoms with Crippen molar-refractivity contribution < 1.29 is 14.4 Å². The summed E-state index contributed by atoms with van der Waals surface area (Å²) in [7, 11) is 0. The quantitative estimate of drug-likeness (QED) is 0.657. The van der Waals surface area contributed by atoms with E-state index in [-0.39, 0.29) is 11.6 Å². The van der Waals surface area contributed by atoms with Crippen molar-refractivity contribution in [1.82, 2.24) is 20.2 Å². The van der Waals surface area contributed by atoms with E-state index in [1.807, 2.05) is 30.3 Å². The minimum absolute atomic E-state index is 0.0683. The number of hydrogen-bond donors (Lipinski definition) is 1. The van der Waals surface area contributed by atoms with Crippen LogP contribution in [0.25, 0.3) is 17.5 Å². The number of urea groups is 1. The lowest BCUT2D eigenvalue weighted by Crippen LogP contribution is -2.58. The van der Waals surface area contributed by atoms with Crippen molar-refractivity contribution in [2.45, 2.75) is 38.1 Å². The van der Waals surface area contributed by atoms with E-state index in [0.29, 0.717) is 11.4 Å². The number of nitrogens with one attached hydrogen (secondary N) is 1. The molecule has 4 rings (SSSR count). The summed E-state index contributed by atoms with van der Waals surface area (Å²) < 4.78 is 0. The Labute approximate surface area is 162 Å². The Morgan fingerprint density at radius 1 is 0.964 bits per heavy atom. The molecule has 7 heteroatoms. The van der Waals surface area contributed by atoms with Crippen molar-refractivity contribution in [3.05, 3.63) is 53.9 Å². The monoisotopic (exact) mass is 376 g/mol. The van der Waals surface area contributed by atoms with E-state index < -0.39 is 17.8 Å². The van der Waals surface area contributed by atoms with E-state index in [9.17, 15) is 14.4 Å². The third-order valence-corrected chi connectivity index (χ3v) is 5.09. The first kappa shape index (κ1) is 18.0. The lowest BCUT2D eigenvalue weighted by molar-refractivity contribution is -0.132.